The summed E-state index contributed by atoms with van der Waals surface area (Å²) in [4.78, 5) is 0. The lowest BCUT2D eigenvalue weighted by molar-refractivity contribution is -0.0887. The fourth-order valence-corrected chi connectivity index (χ4v) is 3.34. The number of aryl methyl sites for hydroxylation is 2. The highest BCUT2D eigenvalue weighted by Crippen LogP contribution is 2.31. The molecule has 3 rings (SSSR count). The van der Waals surface area contributed by atoms with Crippen LogP contribution in [0.2, 0.25) is 0 Å². The zero-order valence-corrected chi connectivity index (χ0v) is 12.5. The lowest BCUT2D eigenvalue weighted by Crippen LogP contribution is -2.61. The minimum Gasteiger partial charge on any atom is -0.488 e. The van der Waals surface area contributed by atoms with Gasteiger partial charge in [0.05, 0.1) is 0 Å². The molecule has 0 aliphatic heterocycles. The van der Waals surface area contributed by atoms with E-state index in [1.165, 1.54) is 30.4 Å². The quantitative estimate of drug-likeness (QED) is 0.866. The number of fused-ring (bicyclic) bond motifs is 1. The fraction of sp³-hybridized carbons (Fsp3) is 0.647. The van der Waals surface area contributed by atoms with Crippen LogP contribution >= 0.6 is 0 Å². The first-order valence-electron chi connectivity index (χ1n) is 7.86. The number of nitrogens with one attached hydrogen (secondary N) is 1. The van der Waals surface area contributed by atoms with Gasteiger partial charge in [0.2, 0.25) is 0 Å². The molecule has 0 aromatic heterocycles. The van der Waals surface area contributed by atoms with Crippen LogP contribution in [0.3, 0.4) is 0 Å². The predicted octanol–water partition coefficient (Wildman–Crippen LogP) is 2.71. The summed E-state index contributed by atoms with van der Waals surface area (Å²) < 4.78 is 11.7. The van der Waals surface area contributed by atoms with Gasteiger partial charge in [0.15, 0.2) is 0 Å². The number of hydrogen-bond donors (Lipinski definition) is 1. The molecule has 0 spiro atoms. The van der Waals surface area contributed by atoms with E-state index in [-0.39, 0.29) is 12.2 Å². The molecule has 1 aromatic rings. The Hall–Kier alpha value is -1.06. The third-order valence-corrected chi connectivity index (χ3v) is 4.54. The molecule has 1 N–H and O–H groups in total. The zero-order valence-electron chi connectivity index (χ0n) is 12.5. The monoisotopic (exact) mass is 275 g/mol. The smallest absolute Gasteiger partial charge is 0.128 e. The van der Waals surface area contributed by atoms with Gasteiger partial charge in [-0.25, -0.2) is 0 Å². The minimum absolute atomic E-state index is 0.176. The second kappa shape index (κ2) is 6.15. The maximum absolute atomic E-state index is 6.12. The number of rotatable bonds is 6. The second-order valence-corrected chi connectivity index (χ2v) is 5.94. The van der Waals surface area contributed by atoms with Crippen molar-refractivity contribution in [1.82, 2.24) is 5.32 Å². The van der Waals surface area contributed by atoms with Crippen LogP contribution in [0.25, 0.3) is 0 Å². The Morgan fingerprint density at radius 2 is 2.10 bits per heavy atom. The van der Waals surface area contributed by atoms with Gasteiger partial charge < -0.3 is 14.8 Å². The molecule has 2 aliphatic carbocycles. The van der Waals surface area contributed by atoms with E-state index in [1.54, 1.807) is 7.11 Å². The van der Waals surface area contributed by atoms with Crippen LogP contribution in [0, 0.1) is 0 Å². The topological polar surface area (TPSA) is 30.5 Å². The summed E-state index contributed by atoms with van der Waals surface area (Å²) >= 11 is 0. The molecule has 0 radical (unpaired) electrons. The summed E-state index contributed by atoms with van der Waals surface area (Å²) in [6.07, 6.45) is 6.27. The number of methoxy groups -OCH3 is 1. The van der Waals surface area contributed by atoms with Crippen molar-refractivity contribution in [3.8, 4) is 5.75 Å². The van der Waals surface area contributed by atoms with Gasteiger partial charge in [-0.2, -0.15) is 0 Å². The van der Waals surface area contributed by atoms with Gasteiger partial charge in [-0.15, -0.1) is 0 Å². The van der Waals surface area contributed by atoms with Gasteiger partial charge in [-0.05, 0) is 55.5 Å². The van der Waals surface area contributed by atoms with Crippen LogP contribution in [-0.2, 0) is 17.6 Å². The Bertz CT molecular complexity index is 460. The van der Waals surface area contributed by atoms with Crippen molar-refractivity contribution >= 4 is 0 Å². The number of benzene rings is 1. The molecule has 0 bridgehead atoms. The summed E-state index contributed by atoms with van der Waals surface area (Å²) in [5.74, 6) is 1.01. The first kappa shape index (κ1) is 13.9. The first-order chi connectivity index (χ1) is 9.81. The van der Waals surface area contributed by atoms with E-state index in [0.717, 1.165) is 25.1 Å². The lowest BCUT2D eigenvalue weighted by Gasteiger charge is -2.43. The lowest BCUT2D eigenvalue weighted by atomic mass is 9.85. The Kier molecular flexibility index (Phi) is 4.27. The summed E-state index contributed by atoms with van der Waals surface area (Å²) in [6, 6.07) is 7.01. The van der Waals surface area contributed by atoms with Crippen molar-refractivity contribution in [2.24, 2.45) is 0 Å². The molecular weight excluding hydrogens is 250 g/mol. The highest BCUT2D eigenvalue weighted by Gasteiger charge is 2.42. The molecular formula is C17H25NO2. The normalized spacial score (nSPS) is 28.0. The van der Waals surface area contributed by atoms with Gasteiger partial charge >= 0.3 is 0 Å². The molecule has 2 aliphatic rings. The van der Waals surface area contributed by atoms with Crippen LogP contribution in [0.5, 0.6) is 5.75 Å². The summed E-state index contributed by atoms with van der Waals surface area (Å²) in [6.45, 7) is 3.24. The molecule has 3 unspecified atom stereocenters. The van der Waals surface area contributed by atoms with Gasteiger partial charge in [0, 0.05) is 19.6 Å². The van der Waals surface area contributed by atoms with Crippen LogP contribution in [-0.4, -0.2) is 31.9 Å². The van der Waals surface area contributed by atoms with Crippen LogP contribution < -0.4 is 10.1 Å². The predicted molar refractivity (Wildman–Crippen MR) is 80.4 cm³/mol. The van der Waals surface area contributed by atoms with Crippen molar-refractivity contribution in [3.63, 3.8) is 0 Å². The van der Waals surface area contributed by atoms with Crippen LogP contribution in [0.1, 0.15) is 37.3 Å². The Morgan fingerprint density at radius 3 is 2.90 bits per heavy atom. The molecule has 3 nitrogen and oxygen atoms in total. The highest BCUT2D eigenvalue weighted by atomic mass is 16.5. The average Bonchev–Trinajstić information content (AvgIpc) is 2.89. The molecule has 3 heteroatoms. The van der Waals surface area contributed by atoms with E-state index < -0.39 is 0 Å². The zero-order chi connectivity index (χ0) is 13.9. The van der Waals surface area contributed by atoms with Crippen LogP contribution in [0.15, 0.2) is 18.2 Å². The van der Waals surface area contributed by atoms with Crippen LogP contribution in [0.4, 0.5) is 0 Å². The van der Waals surface area contributed by atoms with Gasteiger partial charge in [-0.3, -0.25) is 0 Å². The SMILES string of the molecule is CCCNC1CC(Oc2ccc3c(c2)CCC3)C1OC. The largest absolute Gasteiger partial charge is 0.488 e. The molecule has 1 aromatic carbocycles. The van der Waals surface area contributed by atoms with Crippen molar-refractivity contribution in [2.45, 2.75) is 57.3 Å². The molecule has 0 amide bonds. The Balaban J connectivity index is 1.58. The molecule has 1 fully saturated rings. The summed E-state index contributed by atoms with van der Waals surface area (Å²) in [5, 5.41) is 3.52. The van der Waals surface area contributed by atoms with E-state index in [9.17, 15) is 0 Å². The highest BCUT2D eigenvalue weighted by molar-refractivity contribution is 5.38. The standard InChI is InChI=1S/C17H25NO2/c1-3-9-18-15-11-16(17(15)19-2)20-14-8-7-12-5-4-6-13(12)10-14/h7-8,10,15-18H,3-6,9,11H2,1-2H3. The average molecular weight is 275 g/mol. The first-order valence-corrected chi connectivity index (χ1v) is 7.86. The van der Waals surface area contributed by atoms with E-state index in [4.69, 9.17) is 9.47 Å². The van der Waals surface area contributed by atoms with Gasteiger partial charge in [0.1, 0.15) is 18.0 Å². The van der Waals surface area contributed by atoms with Crippen molar-refractivity contribution in [3.05, 3.63) is 29.3 Å². The van der Waals surface area contributed by atoms with Crippen molar-refractivity contribution < 1.29 is 9.47 Å². The Labute approximate surface area is 121 Å². The second-order valence-electron chi connectivity index (χ2n) is 5.94. The van der Waals surface area contributed by atoms with Crippen molar-refractivity contribution in [1.29, 1.82) is 0 Å². The minimum atomic E-state index is 0.176. The van der Waals surface area contributed by atoms with Gasteiger partial charge in [-0.1, -0.05) is 13.0 Å². The third kappa shape index (κ3) is 2.70. The number of ether oxygens (including phenoxy) is 2. The number of hydrogen-bond acceptors (Lipinski definition) is 3. The molecule has 1 saturated carbocycles. The molecule has 110 valence electrons. The summed E-state index contributed by atoms with van der Waals surface area (Å²) in [7, 11) is 1.78. The fourth-order valence-electron chi connectivity index (χ4n) is 3.34. The van der Waals surface area contributed by atoms with E-state index in [0.29, 0.717) is 6.04 Å². The Morgan fingerprint density at radius 1 is 1.25 bits per heavy atom. The molecule has 3 atom stereocenters. The third-order valence-electron chi connectivity index (χ3n) is 4.54. The van der Waals surface area contributed by atoms with Gasteiger partial charge in [0.25, 0.3) is 0 Å². The molecule has 20 heavy (non-hydrogen) atoms. The maximum atomic E-state index is 6.12. The van der Waals surface area contributed by atoms with E-state index >= 15 is 0 Å². The molecule has 0 saturated heterocycles. The van der Waals surface area contributed by atoms with E-state index in [1.807, 2.05) is 0 Å². The van der Waals surface area contributed by atoms with E-state index in [2.05, 4.69) is 30.4 Å². The van der Waals surface area contributed by atoms with Crippen molar-refractivity contribution in [2.75, 3.05) is 13.7 Å². The maximum Gasteiger partial charge on any atom is 0.128 e. The molecule has 0 heterocycles. The summed E-state index contributed by atoms with van der Waals surface area (Å²) in [5.41, 5.74) is 2.97.